The molecule has 0 aliphatic carbocycles. The summed E-state index contributed by atoms with van der Waals surface area (Å²) in [6.45, 7) is 4.86. The Bertz CT molecular complexity index is 464. The molecule has 2 heterocycles. The fourth-order valence-corrected chi connectivity index (χ4v) is 2.77. The number of halogens is 1. The molecule has 86 valence electrons. The first-order chi connectivity index (χ1) is 7.66. The summed E-state index contributed by atoms with van der Waals surface area (Å²) < 4.78 is 6.72. The number of hydrogen-bond donors (Lipinski definition) is 1. The Morgan fingerprint density at radius 3 is 3.00 bits per heavy atom. The van der Waals surface area contributed by atoms with Crippen LogP contribution in [-0.2, 0) is 6.54 Å². The van der Waals surface area contributed by atoms with Crippen LogP contribution in [0.3, 0.4) is 0 Å². The van der Waals surface area contributed by atoms with Gasteiger partial charge in [-0.15, -0.1) is 11.3 Å². The van der Waals surface area contributed by atoms with Crippen molar-refractivity contribution in [1.82, 2.24) is 10.3 Å². The lowest BCUT2D eigenvalue weighted by Gasteiger charge is -2.03. The lowest BCUT2D eigenvalue weighted by molar-refractivity contribution is 0.459. The Morgan fingerprint density at radius 1 is 1.56 bits per heavy atom. The summed E-state index contributed by atoms with van der Waals surface area (Å²) in [5.41, 5.74) is 0. The van der Waals surface area contributed by atoms with E-state index in [0.29, 0.717) is 12.6 Å². The van der Waals surface area contributed by atoms with E-state index in [2.05, 4.69) is 40.1 Å². The van der Waals surface area contributed by atoms with Gasteiger partial charge in [-0.1, -0.05) is 13.8 Å². The van der Waals surface area contributed by atoms with Crippen molar-refractivity contribution in [3.8, 4) is 10.6 Å². The predicted molar refractivity (Wildman–Crippen MR) is 69.5 cm³/mol. The van der Waals surface area contributed by atoms with Crippen LogP contribution >= 0.6 is 27.3 Å². The minimum Gasteiger partial charge on any atom is -0.438 e. The molecule has 0 spiro atoms. The molecule has 1 N–H and O–H groups in total. The Morgan fingerprint density at radius 2 is 2.38 bits per heavy atom. The molecule has 5 heteroatoms. The van der Waals surface area contributed by atoms with Crippen molar-refractivity contribution < 1.29 is 4.42 Å². The minimum atomic E-state index is 0.434. The zero-order chi connectivity index (χ0) is 11.5. The summed E-state index contributed by atoms with van der Waals surface area (Å²) in [4.78, 5) is 5.33. The fraction of sp³-hybridized carbons (Fsp3) is 0.364. The van der Waals surface area contributed by atoms with E-state index >= 15 is 0 Å². The molecule has 0 saturated heterocycles. The lowest BCUT2D eigenvalue weighted by atomic mass is 10.4. The van der Waals surface area contributed by atoms with Crippen molar-refractivity contribution in [2.75, 3.05) is 0 Å². The number of oxazole rings is 1. The predicted octanol–water partition coefficient (Wildman–Crippen LogP) is 3.66. The van der Waals surface area contributed by atoms with Crippen LogP contribution in [0.2, 0.25) is 0 Å². The first-order valence-corrected chi connectivity index (χ1v) is 6.75. The zero-order valence-corrected chi connectivity index (χ0v) is 11.6. The van der Waals surface area contributed by atoms with Crippen molar-refractivity contribution in [1.29, 1.82) is 0 Å². The van der Waals surface area contributed by atoms with Crippen LogP contribution in [0.1, 0.15) is 19.7 Å². The zero-order valence-electron chi connectivity index (χ0n) is 9.16. The van der Waals surface area contributed by atoms with E-state index < -0.39 is 0 Å². The SMILES string of the molecule is CC(C)NCc1ncc(-c2sccc2Br)o1. The fourth-order valence-electron chi connectivity index (χ4n) is 1.26. The van der Waals surface area contributed by atoms with Crippen molar-refractivity contribution in [3.63, 3.8) is 0 Å². The van der Waals surface area contributed by atoms with Crippen LogP contribution in [0.5, 0.6) is 0 Å². The Hall–Kier alpha value is -0.650. The molecule has 2 rings (SSSR count). The second-order valence-corrected chi connectivity index (χ2v) is 5.52. The van der Waals surface area contributed by atoms with E-state index in [9.17, 15) is 0 Å². The monoisotopic (exact) mass is 300 g/mol. The van der Waals surface area contributed by atoms with Gasteiger partial charge in [0.25, 0.3) is 0 Å². The maximum absolute atomic E-state index is 5.67. The van der Waals surface area contributed by atoms with Gasteiger partial charge in [-0.3, -0.25) is 0 Å². The summed E-state index contributed by atoms with van der Waals surface area (Å²) in [6.07, 6.45) is 1.77. The Labute approximate surface area is 107 Å². The van der Waals surface area contributed by atoms with E-state index in [-0.39, 0.29) is 0 Å². The molecule has 0 amide bonds. The molecule has 16 heavy (non-hydrogen) atoms. The second kappa shape index (κ2) is 5.12. The standard InChI is InChI=1S/C11H13BrN2OS/c1-7(2)13-6-10-14-5-9(15-10)11-8(12)3-4-16-11/h3-5,7,13H,6H2,1-2H3. The minimum absolute atomic E-state index is 0.434. The van der Waals surface area contributed by atoms with E-state index in [1.165, 1.54) is 0 Å². The molecular weight excluding hydrogens is 288 g/mol. The summed E-state index contributed by atoms with van der Waals surface area (Å²) in [5, 5.41) is 5.29. The first-order valence-electron chi connectivity index (χ1n) is 5.08. The topological polar surface area (TPSA) is 38.1 Å². The highest BCUT2D eigenvalue weighted by Crippen LogP contribution is 2.33. The van der Waals surface area contributed by atoms with Crippen LogP contribution in [0.4, 0.5) is 0 Å². The molecule has 0 aliphatic heterocycles. The van der Waals surface area contributed by atoms with Gasteiger partial charge >= 0.3 is 0 Å². The van der Waals surface area contributed by atoms with Gasteiger partial charge in [0, 0.05) is 10.5 Å². The van der Waals surface area contributed by atoms with Crippen LogP contribution < -0.4 is 5.32 Å². The molecule has 0 aromatic carbocycles. The smallest absolute Gasteiger partial charge is 0.208 e. The van der Waals surface area contributed by atoms with Gasteiger partial charge in [0.1, 0.15) is 0 Å². The Kier molecular flexibility index (Phi) is 3.78. The highest BCUT2D eigenvalue weighted by atomic mass is 79.9. The molecule has 0 fully saturated rings. The van der Waals surface area contributed by atoms with Crippen LogP contribution in [0.25, 0.3) is 10.6 Å². The molecule has 0 saturated carbocycles. The maximum atomic E-state index is 5.67. The summed E-state index contributed by atoms with van der Waals surface area (Å²) >= 11 is 5.12. The molecule has 0 radical (unpaired) electrons. The van der Waals surface area contributed by atoms with Crippen LogP contribution in [0, 0.1) is 0 Å². The third-order valence-electron chi connectivity index (χ3n) is 2.06. The highest BCUT2D eigenvalue weighted by Gasteiger charge is 2.10. The second-order valence-electron chi connectivity index (χ2n) is 3.75. The van der Waals surface area contributed by atoms with E-state index in [1.54, 1.807) is 17.5 Å². The maximum Gasteiger partial charge on any atom is 0.208 e. The van der Waals surface area contributed by atoms with Crippen molar-refractivity contribution in [3.05, 3.63) is 28.0 Å². The largest absolute Gasteiger partial charge is 0.438 e. The number of thiophene rings is 1. The number of rotatable bonds is 4. The van der Waals surface area contributed by atoms with E-state index in [4.69, 9.17) is 4.42 Å². The number of nitrogens with one attached hydrogen (secondary N) is 1. The number of aromatic nitrogens is 1. The quantitative estimate of drug-likeness (QED) is 0.936. The average molecular weight is 301 g/mol. The number of hydrogen-bond acceptors (Lipinski definition) is 4. The lowest BCUT2D eigenvalue weighted by Crippen LogP contribution is -2.21. The molecule has 0 bridgehead atoms. The van der Waals surface area contributed by atoms with Crippen molar-refractivity contribution >= 4 is 27.3 Å². The molecule has 3 nitrogen and oxygen atoms in total. The van der Waals surface area contributed by atoms with Gasteiger partial charge in [-0.2, -0.15) is 0 Å². The molecule has 0 aliphatic rings. The molecule has 2 aromatic rings. The first kappa shape index (κ1) is 11.8. The summed E-state index contributed by atoms with van der Waals surface area (Å²) in [7, 11) is 0. The molecular formula is C11H13BrN2OS. The molecule has 0 unspecified atom stereocenters. The molecule has 0 atom stereocenters. The van der Waals surface area contributed by atoms with Gasteiger partial charge < -0.3 is 9.73 Å². The highest BCUT2D eigenvalue weighted by molar-refractivity contribution is 9.10. The van der Waals surface area contributed by atoms with Crippen LogP contribution in [-0.4, -0.2) is 11.0 Å². The van der Waals surface area contributed by atoms with E-state index in [1.807, 2.05) is 11.4 Å². The summed E-state index contributed by atoms with van der Waals surface area (Å²) in [5.74, 6) is 1.55. The summed E-state index contributed by atoms with van der Waals surface area (Å²) in [6, 6.07) is 2.44. The van der Waals surface area contributed by atoms with Gasteiger partial charge in [0.05, 0.1) is 17.6 Å². The van der Waals surface area contributed by atoms with Crippen molar-refractivity contribution in [2.45, 2.75) is 26.4 Å². The van der Waals surface area contributed by atoms with Crippen LogP contribution in [0.15, 0.2) is 26.5 Å². The van der Waals surface area contributed by atoms with E-state index in [0.717, 1.165) is 21.0 Å². The normalized spacial score (nSPS) is 11.2. The van der Waals surface area contributed by atoms with Gasteiger partial charge in [-0.05, 0) is 27.4 Å². The molecule has 2 aromatic heterocycles. The van der Waals surface area contributed by atoms with Gasteiger partial charge in [0.15, 0.2) is 5.76 Å². The van der Waals surface area contributed by atoms with Gasteiger partial charge in [0.2, 0.25) is 5.89 Å². The third kappa shape index (κ3) is 2.72. The average Bonchev–Trinajstić information content (AvgIpc) is 2.83. The van der Waals surface area contributed by atoms with Gasteiger partial charge in [-0.25, -0.2) is 4.98 Å². The van der Waals surface area contributed by atoms with Crippen molar-refractivity contribution in [2.24, 2.45) is 0 Å². The number of nitrogens with zero attached hydrogens (tertiary/aromatic N) is 1. The third-order valence-corrected chi connectivity index (χ3v) is 3.91. The Balaban J connectivity index is 2.11.